The molecular weight excluding hydrogens is 301 g/mol. The summed E-state index contributed by atoms with van der Waals surface area (Å²) in [6, 6.07) is 4.10. The van der Waals surface area contributed by atoms with E-state index in [1.807, 2.05) is 0 Å². The Morgan fingerprint density at radius 3 is 2.62 bits per heavy atom. The Labute approximate surface area is 103 Å². The van der Waals surface area contributed by atoms with E-state index in [1.54, 1.807) is 0 Å². The van der Waals surface area contributed by atoms with Crippen molar-refractivity contribution in [2.24, 2.45) is 0 Å². The smallest absolute Gasteiger partial charge is 0.182 e. The van der Waals surface area contributed by atoms with Crippen LogP contribution in [0.4, 0.5) is 8.78 Å². The molecule has 0 bridgehead atoms. The minimum Gasteiger partial charge on any atom is -0.233 e. The van der Waals surface area contributed by atoms with Crippen LogP contribution < -0.4 is 0 Å². The SMILES string of the molecule is Fc1cccc(Cl)c1-c1ncnc(Br)c1F. The van der Waals surface area contributed by atoms with Gasteiger partial charge in [0.15, 0.2) is 5.82 Å². The molecule has 0 aliphatic carbocycles. The average molecular weight is 306 g/mol. The normalized spacial score (nSPS) is 10.5. The Kier molecular flexibility index (Phi) is 3.16. The Morgan fingerprint density at radius 2 is 1.94 bits per heavy atom. The molecule has 1 aromatic carbocycles. The van der Waals surface area contributed by atoms with Crippen LogP contribution in [0.15, 0.2) is 29.1 Å². The van der Waals surface area contributed by atoms with Crippen LogP contribution in [-0.4, -0.2) is 9.97 Å². The van der Waals surface area contributed by atoms with Gasteiger partial charge in [0.2, 0.25) is 0 Å². The van der Waals surface area contributed by atoms with Gasteiger partial charge in [-0.2, -0.15) is 0 Å². The molecule has 2 rings (SSSR count). The molecule has 0 saturated heterocycles. The molecular formula is C10H4BrClF2N2. The predicted molar refractivity (Wildman–Crippen MR) is 60.1 cm³/mol. The van der Waals surface area contributed by atoms with Crippen LogP contribution in [0.2, 0.25) is 5.02 Å². The fourth-order valence-electron chi connectivity index (χ4n) is 1.25. The number of halogens is 4. The van der Waals surface area contributed by atoms with E-state index in [2.05, 4.69) is 25.9 Å². The van der Waals surface area contributed by atoms with Crippen LogP contribution >= 0.6 is 27.5 Å². The third-order valence-corrected chi connectivity index (χ3v) is 2.81. The zero-order chi connectivity index (χ0) is 11.7. The van der Waals surface area contributed by atoms with Gasteiger partial charge in [-0.15, -0.1) is 0 Å². The van der Waals surface area contributed by atoms with Crippen molar-refractivity contribution in [3.05, 3.63) is 45.8 Å². The molecule has 0 spiro atoms. The van der Waals surface area contributed by atoms with Gasteiger partial charge in [-0.25, -0.2) is 18.7 Å². The molecule has 82 valence electrons. The van der Waals surface area contributed by atoms with Gasteiger partial charge >= 0.3 is 0 Å². The third kappa shape index (κ3) is 1.92. The quantitative estimate of drug-likeness (QED) is 0.748. The molecule has 0 N–H and O–H groups in total. The summed E-state index contributed by atoms with van der Waals surface area (Å²) < 4.78 is 27.1. The molecule has 2 nitrogen and oxygen atoms in total. The molecule has 1 heterocycles. The highest BCUT2D eigenvalue weighted by Crippen LogP contribution is 2.32. The zero-order valence-electron chi connectivity index (χ0n) is 7.72. The zero-order valence-corrected chi connectivity index (χ0v) is 10.1. The molecule has 0 aliphatic rings. The van der Waals surface area contributed by atoms with E-state index in [0.717, 1.165) is 6.33 Å². The van der Waals surface area contributed by atoms with Crippen molar-refractivity contribution in [3.63, 3.8) is 0 Å². The van der Waals surface area contributed by atoms with E-state index >= 15 is 0 Å². The second-order valence-electron chi connectivity index (χ2n) is 2.92. The number of rotatable bonds is 1. The first kappa shape index (κ1) is 11.4. The second-order valence-corrected chi connectivity index (χ2v) is 4.08. The van der Waals surface area contributed by atoms with E-state index in [9.17, 15) is 8.78 Å². The third-order valence-electron chi connectivity index (χ3n) is 1.95. The maximum Gasteiger partial charge on any atom is 0.182 e. The highest BCUT2D eigenvalue weighted by atomic mass is 79.9. The predicted octanol–water partition coefficient (Wildman–Crippen LogP) is 3.84. The average Bonchev–Trinajstić information content (AvgIpc) is 2.24. The van der Waals surface area contributed by atoms with Crippen LogP contribution in [0, 0.1) is 11.6 Å². The fraction of sp³-hybridized carbons (Fsp3) is 0. The number of nitrogens with zero attached hydrogens (tertiary/aromatic N) is 2. The number of hydrogen-bond donors (Lipinski definition) is 0. The fourth-order valence-corrected chi connectivity index (χ4v) is 1.78. The Morgan fingerprint density at radius 1 is 1.19 bits per heavy atom. The van der Waals surface area contributed by atoms with Gasteiger partial charge < -0.3 is 0 Å². The van der Waals surface area contributed by atoms with Crippen molar-refractivity contribution < 1.29 is 8.78 Å². The molecule has 6 heteroatoms. The molecule has 0 amide bonds. The first-order valence-electron chi connectivity index (χ1n) is 4.21. The van der Waals surface area contributed by atoms with Gasteiger partial charge in [0.1, 0.15) is 22.4 Å². The maximum atomic E-state index is 13.7. The summed E-state index contributed by atoms with van der Waals surface area (Å²) in [6.07, 6.45) is 1.13. The lowest BCUT2D eigenvalue weighted by atomic mass is 10.1. The molecule has 0 aliphatic heterocycles. The van der Waals surface area contributed by atoms with Gasteiger partial charge in [0.25, 0.3) is 0 Å². The molecule has 0 atom stereocenters. The van der Waals surface area contributed by atoms with Gasteiger partial charge in [-0.3, -0.25) is 0 Å². The van der Waals surface area contributed by atoms with Crippen LogP contribution in [0.25, 0.3) is 11.3 Å². The van der Waals surface area contributed by atoms with E-state index < -0.39 is 11.6 Å². The maximum absolute atomic E-state index is 13.7. The van der Waals surface area contributed by atoms with Gasteiger partial charge in [-0.05, 0) is 28.1 Å². The number of hydrogen-bond acceptors (Lipinski definition) is 2. The summed E-state index contributed by atoms with van der Waals surface area (Å²) in [5, 5.41) is 0.101. The largest absolute Gasteiger partial charge is 0.233 e. The lowest BCUT2D eigenvalue weighted by molar-refractivity contribution is 0.600. The Balaban J connectivity index is 2.73. The Bertz CT molecular complexity index is 528. The molecule has 0 fully saturated rings. The molecule has 16 heavy (non-hydrogen) atoms. The van der Waals surface area contributed by atoms with Crippen molar-refractivity contribution in [1.82, 2.24) is 9.97 Å². The summed E-state index contributed by atoms with van der Waals surface area (Å²) in [6.45, 7) is 0. The van der Waals surface area contributed by atoms with Crippen molar-refractivity contribution >= 4 is 27.5 Å². The summed E-state index contributed by atoms with van der Waals surface area (Å²) in [5.74, 6) is -1.37. The van der Waals surface area contributed by atoms with Crippen LogP contribution in [0.1, 0.15) is 0 Å². The standard InChI is InChI=1S/C10H4BrClF2N2/c11-10-8(14)9(15-4-16-10)7-5(12)2-1-3-6(7)13/h1-4H. The van der Waals surface area contributed by atoms with Crippen molar-refractivity contribution in [2.45, 2.75) is 0 Å². The van der Waals surface area contributed by atoms with E-state index in [0.29, 0.717) is 0 Å². The van der Waals surface area contributed by atoms with Gasteiger partial charge in [0.05, 0.1) is 10.6 Å². The summed E-state index contributed by atoms with van der Waals surface area (Å²) >= 11 is 8.71. The monoisotopic (exact) mass is 304 g/mol. The highest BCUT2D eigenvalue weighted by molar-refractivity contribution is 9.10. The minimum atomic E-state index is -0.741. The molecule has 0 saturated carbocycles. The first-order valence-corrected chi connectivity index (χ1v) is 5.38. The summed E-state index contributed by atoms with van der Waals surface area (Å²) in [5.41, 5.74) is -0.227. The molecule has 0 radical (unpaired) electrons. The van der Waals surface area contributed by atoms with Crippen molar-refractivity contribution in [3.8, 4) is 11.3 Å². The van der Waals surface area contributed by atoms with E-state index in [1.165, 1.54) is 18.2 Å². The molecule has 1 aromatic heterocycles. The number of aromatic nitrogens is 2. The minimum absolute atomic E-state index is 0.0307. The van der Waals surface area contributed by atoms with Crippen LogP contribution in [-0.2, 0) is 0 Å². The van der Waals surface area contributed by atoms with Crippen LogP contribution in [0.5, 0.6) is 0 Å². The van der Waals surface area contributed by atoms with E-state index in [4.69, 9.17) is 11.6 Å². The van der Waals surface area contributed by atoms with E-state index in [-0.39, 0.29) is 20.9 Å². The van der Waals surface area contributed by atoms with Crippen molar-refractivity contribution in [2.75, 3.05) is 0 Å². The highest BCUT2D eigenvalue weighted by Gasteiger charge is 2.17. The Hall–Kier alpha value is -1.07. The molecule has 2 aromatic rings. The lowest BCUT2D eigenvalue weighted by Gasteiger charge is -2.06. The first-order chi connectivity index (χ1) is 7.61. The summed E-state index contributed by atoms with van der Waals surface area (Å²) in [4.78, 5) is 7.28. The second kappa shape index (κ2) is 4.43. The molecule has 0 unspecified atom stereocenters. The van der Waals surface area contributed by atoms with Crippen molar-refractivity contribution in [1.29, 1.82) is 0 Å². The lowest BCUT2D eigenvalue weighted by Crippen LogP contribution is -1.96. The summed E-state index contributed by atoms with van der Waals surface area (Å²) in [7, 11) is 0. The van der Waals surface area contributed by atoms with Gasteiger partial charge in [0, 0.05) is 0 Å². The topological polar surface area (TPSA) is 25.8 Å². The number of benzene rings is 1. The van der Waals surface area contributed by atoms with Gasteiger partial charge in [-0.1, -0.05) is 17.7 Å². The van der Waals surface area contributed by atoms with Crippen LogP contribution in [0.3, 0.4) is 0 Å².